The van der Waals surface area contributed by atoms with Crippen molar-refractivity contribution in [1.82, 2.24) is 14.7 Å². The van der Waals surface area contributed by atoms with Crippen molar-refractivity contribution in [3.63, 3.8) is 0 Å². The van der Waals surface area contributed by atoms with Crippen LogP contribution in [0.4, 0.5) is 0 Å². The summed E-state index contributed by atoms with van der Waals surface area (Å²) in [6.07, 6.45) is 1.04. The maximum Gasteiger partial charge on any atom is 0.354 e. The molecule has 0 atom stereocenters. The Labute approximate surface area is 117 Å². The number of aromatic nitrogens is 2. The number of aryl methyl sites for hydroxylation is 1. The SMILES string of the molecule is Cn1nc(CN2CCc3ccccc3C2)cc1C(=O)O. The molecular weight excluding hydrogens is 254 g/mol. The first kappa shape index (κ1) is 12.9. The van der Waals surface area contributed by atoms with E-state index >= 15 is 0 Å². The molecule has 0 spiro atoms. The smallest absolute Gasteiger partial charge is 0.354 e. The van der Waals surface area contributed by atoms with Crippen LogP contribution in [0.15, 0.2) is 30.3 Å². The van der Waals surface area contributed by atoms with Crippen molar-refractivity contribution in [2.24, 2.45) is 7.05 Å². The summed E-state index contributed by atoms with van der Waals surface area (Å²) in [4.78, 5) is 13.3. The maximum atomic E-state index is 11.0. The highest BCUT2D eigenvalue weighted by Gasteiger charge is 2.18. The topological polar surface area (TPSA) is 58.4 Å². The number of hydrogen-bond donors (Lipinski definition) is 1. The van der Waals surface area contributed by atoms with E-state index in [0.29, 0.717) is 6.54 Å². The fraction of sp³-hybridized carbons (Fsp3) is 0.333. The summed E-state index contributed by atoms with van der Waals surface area (Å²) in [7, 11) is 1.67. The standard InChI is InChI=1S/C15H17N3O2/c1-17-14(15(19)20)8-13(16-17)10-18-7-6-11-4-2-3-5-12(11)9-18/h2-5,8H,6-7,9-10H2,1H3,(H,19,20). The van der Waals surface area contributed by atoms with E-state index in [0.717, 1.165) is 25.2 Å². The van der Waals surface area contributed by atoms with Crippen molar-refractivity contribution in [3.05, 3.63) is 52.8 Å². The molecule has 1 aliphatic rings. The molecule has 0 amide bonds. The zero-order valence-electron chi connectivity index (χ0n) is 11.4. The van der Waals surface area contributed by atoms with Gasteiger partial charge in [0.15, 0.2) is 0 Å². The highest BCUT2D eigenvalue weighted by atomic mass is 16.4. The molecule has 0 radical (unpaired) electrons. The second-order valence-electron chi connectivity index (χ2n) is 5.18. The first-order chi connectivity index (χ1) is 9.63. The van der Waals surface area contributed by atoms with Crippen LogP contribution in [0.3, 0.4) is 0 Å². The molecule has 5 heteroatoms. The quantitative estimate of drug-likeness (QED) is 0.922. The van der Waals surface area contributed by atoms with Crippen LogP contribution in [0.1, 0.15) is 27.3 Å². The second kappa shape index (κ2) is 5.09. The lowest BCUT2D eigenvalue weighted by atomic mass is 10.00. The minimum atomic E-state index is -0.935. The third-order valence-electron chi connectivity index (χ3n) is 3.74. The van der Waals surface area contributed by atoms with Gasteiger partial charge in [-0.2, -0.15) is 5.10 Å². The number of benzene rings is 1. The van der Waals surface area contributed by atoms with Gasteiger partial charge in [-0.25, -0.2) is 4.79 Å². The van der Waals surface area contributed by atoms with Crippen molar-refractivity contribution in [2.75, 3.05) is 6.54 Å². The summed E-state index contributed by atoms with van der Waals surface area (Å²) in [6.45, 7) is 2.57. The molecule has 0 bridgehead atoms. The molecule has 2 heterocycles. The van der Waals surface area contributed by atoms with Crippen molar-refractivity contribution < 1.29 is 9.90 Å². The van der Waals surface area contributed by atoms with Crippen LogP contribution in [-0.4, -0.2) is 32.3 Å². The predicted octanol–water partition coefficient (Wildman–Crippen LogP) is 1.68. The number of hydrogen-bond acceptors (Lipinski definition) is 3. The van der Waals surface area contributed by atoms with Gasteiger partial charge in [0.25, 0.3) is 0 Å². The summed E-state index contributed by atoms with van der Waals surface area (Å²) in [5, 5.41) is 13.3. The van der Waals surface area contributed by atoms with Gasteiger partial charge in [-0.3, -0.25) is 9.58 Å². The molecule has 1 aromatic carbocycles. The Hall–Kier alpha value is -2.14. The van der Waals surface area contributed by atoms with Crippen LogP contribution in [-0.2, 0) is 26.6 Å². The van der Waals surface area contributed by atoms with Crippen LogP contribution in [0.2, 0.25) is 0 Å². The summed E-state index contributed by atoms with van der Waals surface area (Å²) in [5.74, 6) is -0.935. The van der Waals surface area contributed by atoms with E-state index in [1.807, 2.05) is 0 Å². The summed E-state index contributed by atoms with van der Waals surface area (Å²) in [5.41, 5.74) is 3.81. The third-order valence-corrected chi connectivity index (χ3v) is 3.74. The van der Waals surface area contributed by atoms with Gasteiger partial charge in [-0.15, -0.1) is 0 Å². The van der Waals surface area contributed by atoms with E-state index in [-0.39, 0.29) is 5.69 Å². The van der Waals surface area contributed by atoms with E-state index in [4.69, 9.17) is 5.11 Å². The van der Waals surface area contributed by atoms with Gasteiger partial charge in [0, 0.05) is 26.7 Å². The Kier molecular flexibility index (Phi) is 3.28. The summed E-state index contributed by atoms with van der Waals surface area (Å²) >= 11 is 0. The maximum absolute atomic E-state index is 11.0. The zero-order chi connectivity index (χ0) is 14.1. The minimum Gasteiger partial charge on any atom is -0.477 e. The van der Waals surface area contributed by atoms with Gasteiger partial charge in [-0.1, -0.05) is 24.3 Å². The van der Waals surface area contributed by atoms with Gasteiger partial charge >= 0.3 is 5.97 Å². The first-order valence-electron chi connectivity index (χ1n) is 6.69. The average Bonchev–Trinajstić information content (AvgIpc) is 2.79. The zero-order valence-corrected chi connectivity index (χ0v) is 11.4. The predicted molar refractivity (Wildman–Crippen MR) is 74.4 cm³/mol. The van der Waals surface area contributed by atoms with Gasteiger partial charge in [-0.05, 0) is 23.6 Å². The monoisotopic (exact) mass is 271 g/mol. The second-order valence-corrected chi connectivity index (χ2v) is 5.18. The van der Waals surface area contributed by atoms with E-state index in [1.54, 1.807) is 13.1 Å². The summed E-state index contributed by atoms with van der Waals surface area (Å²) < 4.78 is 1.43. The molecule has 5 nitrogen and oxygen atoms in total. The van der Waals surface area contributed by atoms with Gasteiger partial charge < -0.3 is 5.11 Å². The van der Waals surface area contributed by atoms with Gasteiger partial charge in [0.1, 0.15) is 5.69 Å². The van der Waals surface area contributed by atoms with E-state index < -0.39 is 5.97 Å². The number of carbonyl (C=O) groups is 1. The lowest BCUT2D eigenvalue weighted by Crippen LogP contribution is -2.30. The molecule has 0 aliphatic carbocycles. The van der Waals surface area contributed by atoms with E-state index in [2.05, 4.69) is 34.3 Å². The van der Waals surface area contributed by atoms with Crippen molar-refractivity contribution in [1.29, 1.82) is 0 Å². The molecule has 104 valence electrons. The van der Waals surface area contributed by atoms with Crippen LogP contribution < -0.4 is 0 Å². The molecule has 0 fully saturated rings. The fourth-order valence-electron chi connectivity index (χ4n) is 2.72. The lowest BCUT2D eigenvalue weighted by molar-refractivity contribution is 0.0685. The Bertz CT molecular complexity index is 648. The molecular formula is C15H17N3O2. The van der Waals surface area contributed by atoms with Crippen LogP contribution in [0.5, 0.6) is 0 Å². The molecule has 20 heavy (non-hydrogen) atoms. The third kappa shape index (κ3) is 2.44. The molecule has 1 aromatic heterocycles. The van der Waals surface area contributed by atoms with Crippen LogP contribution in [0.25, 0.3) is 0 Å². The minimum absolute atomic E-state index is 0.234. The molecule has 0 saturated heterocycles. The lowest BCUT2D eigenvalue weighted by Gasteiger charge is -2.27. The van der Waals surface area contributed by atoms with Crippen molar-refractivity contribution in [3.8, 4) is 0 Å². The Morgan fingerprint density at radius 1 is 1.35 bits per heavy atom. The average molecular weight is 271 g/mol. The highest BCUT2D eigenvalue weighted by Crippen LogP contribution is 2.20. The van der Waals surface area contributed by atoms with Crippen LogP contribution in [0, 0.1) is 0 Å². The van der Waals surface area contributed by atoms with Gasteiger partial charge in [0.05, 0.1) is 5.69 Å². The molecule has 1 aliphatic heterocycles. The van der Waals surface area contributed by atoms with E-state index in [9.17, 15) is 4.79 Å². The number of carboxylic acid groups (broad SMARTS) is 1. The van der Waals surface area contributed by atoms with Crippen molar-refractivity contribution in [2.45, 2.75) is 19.5 Å². The van der Waals surface area contributed by atoms with E-state index in [1.165, 1.54) is 15.8 Å². The number of aromatic carboxylic acids is 1. The van der Waals surface area contributed by atoms with Crippen molar-refractivity contribution >= 4 is 5.97 Å². The molecule has 3 rings (SSSR count). The number of rotatable bonds is 3. The van der Waals surface area contributed by atoms with Crippen LogP contribution >= 0.6 is 0 Å². The van der Waals surface area contributed by atoms with Gasteiger partial charge in [0.2, 0.25) is 0 Å². The molecule has 2 aromatic rings. The number of nitrogens with zero attached hydrogens (tertiary/aromatic N) is 3. The number of carboxylic acids is 1. The molecule has 0 saturated carbocycles. The fourth-order valence-corrected chi connectivity index (χ4v) is 2.72. The Morgan fingerprint density at radius 2 is 2.10 bits per heavy atom. The first-order valence-corrected chi connectivity index (χ1v) is 6.69. The number of fused-ring (bicyclic) bond motifs is 1. The Morgan fingerprint density at radius 3 is 2.80 bits per heavy atom. The largest absolute Gasteiger partial charge is 0.477 e. The summed E-state index contributed by atoms with van der Waals surface area (Å²) in [6, 6.07) is 10.1. The Balaban J connectivity index is 1.74. The molecule has 0 unspecified atom stereocenters. The highest BCUT2D eigenvalue weighted by molar-refractivity contribution is 5.85. The normalized spacial score (nSPS) is 15.1. The molecule has 1 N–H and O–H groups in total.